The second kappa shape index (κ2) is 3.99. The van der Waals surface area contributed by atoms with Gasteiger partial charge in [-0.15, -0.1) is 0 Å². The van der Waals surface area contributed by atoms with Crippen molar-refractivity contribution in [1.82, 2.24) is 0 Å². The third-order valence-electron chi connectivity index (χ3n) is 2.98. The summed E-state index contributed by atoms with van der Waals surface area (Å²) in [5.41, 5.74) is 0. The number of ketones is 1. The highest BCUT2D eigenvalue weighted by atomic mass is 16.3. The molecule has 0 saturated heterocycles. The summed E-state index contributed by atoms with van der Waals surface area (Å²) < 4.78 is 5.46. The predicted octanol–water partition coefficient (Wildman–Crippen LogP) is 3.21. The number of carbonyl (C=O) groups is 1. The number of furan rings is 1. The summed E-state index contributed by atoms with van der Waals surface area (Å²) in [5, 5.41) is 0. The molecule has 1 heterocycles. The summed E-state index contributed by atoms with van der Waals surface area (Å²) in [6.45, 7) is 2.03. The van der Waals surface area contributed by atoms with Crippen LogP contribution in [0.25, 0.3) is 0 Å². The first kappa shape index (κ1) is 9.50. The Kier molecular flexibility index (Phi) is 2.71. The first-order valence-electron chi connectivity index (χ1n) is 5.44. The van der Waals surface area contributed by atoms with E-state index in [9.17, 15) is 4.79 Å². The fourth-order valence-electron chi connectivity index (χ4n) is 2.09. The maximum atomic E-state index is 11.9. The van der Waals surface area contributed by atoms with Gasteiger partial charge in [0, 0.05) is 12.3 Å². The summed E-state index contributed by atoms with van der Waals surface area (Å²) in [6.07, 6.45) is 5.33. The molecule has 0 N–H and O–H groups in total. The van der Waals surface area contributed by atoms with E-state index in [4.69, 9.17) is 4.42 Å². The van der Waals surface area contributed by atoms with Crippen molar-refractivity contribution in [2.75, 3.05) is 0 Å². The number of Topliss-reactive ketones (excluding diaryl/α,β-unsaturated/α-hetero) is 1. The zero-order valence-electron chi connectivity index (χ0n) is 8.58. The topological polar surface area (TPSA) is 30.2 Å². The fourth-order valence-corrected chi connectivity index (χ4v) is 2.09. The molecule has 0 radical (unpaired) electrons. The number of carbonyl (C=O) groups excluding carboxylic acids is 1. The van der Waals surface area contributed by atoms with Gasteiger partial charge >= 0.3 is 0 Å². The van der Waals surface area contributed by atoms with Gasteiger partial charge in [-0.2, -0.15) is 0 Å². The third-order valence-corrected chi connectivity index (χ3v) is 2.98. The van der Waals surface area contributed by atoms with Crippen molar-refractivity contribution in [3.8, 4) is 0 Å². The molecular formula is C12H16O2. The fraction of sp³-hybridized carbons (Fsp3) is 0.583. The molecule has 1 aliphatic rings. The van der Waals surface area contributed by atoms with E-state index < -0.39 is 0 Å². The Morgan fingerprint density at radius 2 is 2.14 bits per heavy atom. The lowest BCUT2D eigenvalue weighted by Gasteiger charge is -2.03. The number of hydrogen-bond donors (Lipinski definition) is 0. The number of rotatable bonds is 3. The van der Waals surface area contributed by atoms with Gasteiger partial charge in [0.15, 0.2) is 5.76 Å². The van der Waals surface area contributed by atoms with Crippen molar-refractivity contribution in [3.05, 3.63) is 23.7 Å². The first-order valence-corrected chi connectivity index (χ1v) is 5.44. The lowest BCUT2D eigenvalue weighted by atomic mass is 10.0. The second-order valence-corrected chi connectivity index (χ2v) is 3.97. The Balaban J connectivity index is 2.09. The van der Waals surface area contributed by atoms with E-state index >= 15 is 0 Å². The summed E-state index contributed by atoms with van der Waals surface area (Å²) in [5.74, 6) is 1.91. The quantitative estimate of drug-likeness (QED) is 0.688. The summed E-state index contributed by atoms with van der Waals surface area (Å²) >= 11 is 0. The van der Waals surface area contributed by atoms with E-state index in [1.807, 2.05) is 19.1 Å². The third kappa shape index (κ3) is 1.74. The van der Waals surface area contributed by atoms with Gasteiger partial charge in [-0.1, -0.05) is 19.8 Å². The molecular weight excluding hydrogens is 176 g/mol. The largest absolute Gasteiger partial charge is 0.458 e. The van der Waals surface area contributed by atoms with Crippen LogP contribution in [-0.2, 0) is 6.42 Å². The van der Waals surface area contributed by atoms with Gasteiger partial charge in [0.05, 0.1) is 0 Å². The van der Waals surface area contributed by atoms with Crippen LogP contribution >= 0.6 is 0 Å². The molecule has 1 aromatic rings. The Hall–Kier alpha value is -1.05. The van der Waals surface area contributed by atoms with Crippen molar-refractivity contribution in [2.45, 2.75) is 39.0 Å². The van der Waals surface area contributed by atoms with Gasteiger partial charge in [0.1, 0.15) is 5.76 Å². The van der Waals surface area contributed by atoms with Crippen LogP contribution in [0, 0.1) is 5.92 Å². The van der Waals surface area contributed by atoms with Gasteiger partial charge in [0.2, 0.25) is 5.78 Å². The van der Waals surface area contributed by atoms with Gasteiger partial charge in [-0.05, 0) is 25.0 Å². The standard InChI is InChI=1S/C12H16O2/c1-2-10-7-8-11(14-10)12(13)9-5-3-4-6-9/h7-9H,2-6H2,1H3. The normalized spacial score (nSPS) is 17.5. The molecule has 1 saturated carbocycles. The molecule has 0 spiro atoms. The van der Waals surface area contributed by atoms with Crippen LogP contribution in [0.15, 0.2) is 16.5 Å². The summed E-state index contributed by atoms with van der Waals surface area (Å²) in [7, 11) is 0. The molecule has 0 aromatic carbocycles. The molecule has 1 aliphatic carbocycles. The first-order chi connectivity index (χ1) is 6.81. The van der Waals surface area contributed by atoms with E-state index in [-0.39, 0.29) is 11.7 Å². The van der Waals surface area contributed by atoms with Crippen molar-refractivity contribution in [3.63, 3.8) is 0 Å². The average molecular weight is 192 g/mol. The van der Waals surface area contributed by atoms with Crippen LogP contribution in [0.2, 0.25) is 0 Å². The molecule has 0 unspecified atom stereocenters. The summed E-state index contributed by atoms with van der Waals surface area (Å²) in [6, 6.07) is 3.72. The smallest absolute Gasteiger partial charge is 0.201 e. The Morgan fingerprint density at radius 3 is 2.71 bits per heavy atom. The van der Waals surface area contributed by atoms with E-state index in [1.54, 1.807) is 0 Å². The van der Waals surface area contributed by atoms with Crippen molar-refractivity contribution < 1.29 is 9.21 Å². The van der Waals surface area contributed by atoms with Gasteiger partial charge in [0.25, 0.3) is 0 Å². The summed E-state index contributed by atoms with van der Waals surface area (Å²) in [4.78, 5) is 11.9. The van der Waals surface area contributed by atoms with Gasteiger partial charge < -0.3 is 4.42 Å². The number of hydrogen-bond acceptors (Lipinski definition) is 2. The Bertz CT molecular complexity index is 319. The highest BCUT2D eigenvalue weighted by Crippen LogP contribution is 2.28. The van der Waals surface area contributed by atoms with Crippen LogP contribution < -0.4 is 0 Å². The van der Waals surface area contributed by atoms with Crippen LogP contribution in [-0.4, -0.2) is 5.78 Å². The monoisotopic (exact) mass is 192 g/mol. The number of aryl methyl sites for hydroxylation is 1. The molecule has 14 heavy (non-hydrogen) atoms. The minimum Gasteiger partial charge on any atom is -0.458 e. The molecule has 1 fully saturated rings. The predicted molar refractivity (Wildman–Crippen MR) is 54.4 cm³/mol. The van der Waals surface area contributed by atoms with Crippen LogP contribution in [0.1, 0.15) is 48.9 Å². The van der Waals surface area contributed by atoms with Crippen LogP contribution in [0.4, 0.5) is 0 Å². The highest BCUT2D eigenvalue weighted by Gasteiger charge is 2.25. The van der Waals surface area contributed by atoms with Crippen LogP contribution in [0.5, 0.6) is 0 Å². The lowest BCUT2D eigenvalue weighted by molar-refractivity contribution is 0.0893. The van der Waals surface area contributed by atoms with E-state index in [0.717, 1.165) is 25.0 Å². The van der Waals surface area contributed by atoms with Gasteiger partial charge in [-0.25, -0.2) is 0 Å². The SMILES string of the molecule is CCc1ccc(C(=O)C2CCCC2)o1. The van der Waals surface area contributed by atoms with Crippen molar-refractivity contribution in [2.24, 2.45) is 5.92 Å². The van der Waals surface area contributed by atoms with E-state index in [2.05, 4.69) is 0 Å². The molecule has 0 atom stereocenters. The lowest BCUT2D eigenvalue weighted by Crippen LogP contribution is -2.09. The minimum absolute atomic E-state index is 0.210. The molecule has 0 aliphatic heterocycles. The molecule has 0 amide bonds. The van der Waals surface area contributed by atoms with Crippen molar-refractivity contribution in [1.29, 1.82) is 0 Å². The van der Waals surface area contributed by atoms with E-state index in [1.165, 1.54) is 12.8 Å². The molecule has 1 aromatic heterocycles. The van der Waals surface area contributed by atoms with Crippen molar-refractivity contribution >= 4 is 5.78 Å². The Morgan fingerprint density at radius 1 is 1.43 bits per heavy atom. The second-order valence-electron chi connectivity index (χ2n) is 3.97. The zero-order chi connectivity index (χ0) is 9.97. The van der Waals surface area contributed by atoms with E-state index in [0.29, 0.717) is 5.76 Å². The minimum atomic E-state index is 0.210. The Labute approximate surface area is 84.3 Å². The molecule has 2 rings (SSSR count). The molecule has 0 bridgehead atoms. The molecule has 76 valence electrons. The zero-order valence-corrected chi connectivity index (χ0v) is 8.58. The molecule has 2 nitrogen and oxygen atoms in total. The maximum absolute atomic E-state index is 11.9. The average Bonchev–Trinajstić information content (AvgIpc) is 2.88. The molecule has 2 heteroatoms. The maximum Gasteiger partial charge on any atom is 0.201 e. The van der Waals surface area contributed by atoms with Gasteiger partial charge in [-0.3, -0.25) is 4.79 Å². The highest BCUT2D eigenvalue weighted by molar-refractivity contribution is 5.95. The van der Waals surface area contributed by atoms with Crippen LogP contribution in [0.3, 0.4) is 0 Å².